The average Bonchev–Trinajstić information content (AvgIpc) is 2.05. The first-order valence-corrected chi connectivity index (χ1v) is 4.56. The van der Waals surface area contributed by atoms with Crippen LogP contribution in [-0.2, 0) is 4.79 Å². The zero-order valence-corrected chi connectivity index (χ0v) is 7.31. The van der Waals surface area contributed by atoms with Gasteiger partial charge in [0.1, 0.15) is 5.78 Å². The number of nitrogens with two attached hydrogens (primary N) is 1. The molecule has 0 heterocycles. The third-order valence-electron chi connectivity index (χ3n) is 2.43. The second-order valence-electron chi connectivity index (χ2n) is 3.50. The fraction of sp³-hybridized carbons (Fsp3) is 0.778. The lowest BCUT2D eigenvalue weighted by Crippen LogP contribution is -2.23. The highest BCUT2D eigenvalue weighted by Crippen LogP contribution is 2.24. The van der Waals surface area contributed by atoms with Crippen molar-refractivity contribution in [2.75, 3.05) is 0 Å². The molecule has 1 saturated carbocycles. The van der Waals surface area contributed by atoms with Crippen molar-refractivity contribution >= 4 is 11.6 Å². The molecule has 0 aromatic heterocycles. The Labute approximate surface area is 72.8 Å². The van der Waals surface area contributed by atoms with Crippen LogP contribution < -0.4 is 5.73 Å². The van der Waals surface area contributed by atoms with Gasteiger partial charge in [-0.3, -0.25) is 10.2 Å². The predicted molar refractivity (Wildman–Crippen MR) is 48.1 cm³/mol. The van der Waals surface area contributed by atoms with E-state index < -0.39 is 0 Å². The Bertz CT molecular complexity index is 183. The summed E-state index contributed by atoms with van der Waals surface area (Å²) >= 11 is 0. The minimum atomic E-state index is 0.00516. The minimum absolute atomic E-state index is 0.00516. The molecule has 12 heavy (non-hydrogen) atoms. The maximum atomic E-state index is 11.4. The molecule has 0 amide bonds. The highest BCUT2D eigenvalue weighted by atomic mass is 16.1. The number of rotatable bonds is 3. The molecule has 1 fully saturated rings. The standard InChI is InChI=1S/C9H16N2O/c10-9(11)6-8(12)7-4-2-1-3-5-7/h7H,1-6H2,(H3,10,11). The van der Waals surface area contributed by atoms with Crippen LogP contribution >= 0.6 is 0 Å². The molecular weight excluding hydrogens is 152 g/mol. The first kappa shape index (κ1) is 9.23. The van der Waals surface area contributed by atoms with Gasteiger partial charge < -0.3 is 5.73 Å². The van der Waals surface area contributed by atoms with Crippen LogP contribution in [0.2, 0.25) is 0 Å². The van der Waals surface area contributed by atoms with E-state index in [-0.39, 0.29) is 24.0 Å². The fourth-order valence-electron chi connectivity index (χ4n) is 1.76. The van der Waals surface area contributed by atoms with E-state index in [4.69, 9.17) is 11.1 Å². The molecule has 1 aliphatic carbocycles. The monoisotopic (exact) mass is 168 g/mol. The largest absolute Gasteiger partial charge is 0.387 e. The summed E-state index contributed by atoms with van der Waals surface area (Å²) in [4.78, 5) is 11.4. The third kappa shape index (κ3) is 2.64. The summed E-state index contributed by atoms with van der Waals surface area (Å²) < 4.78 is 0. The van der Waals surface area contributed by atoms with Gasteiger partial charge in [0.25, 0.3) is 0 Å². The zero-order valence-electron chi connectivity index (χ0n) is 7.31. The van der Waals surface area contributed by atoms with Gasteiger partial charge in [0, 0.05) is 5.92 Å². The molecule has 1 aliphatic rings. The maximum Gasteiger partial charge on any atom is 0.143 e. The lowest BCUT2D eigenvalue weighted by Gasteiger charge is -2.19. The number of hydrogen-bond acceptors (Lipinski definition) is 2. The Hall–Kier alpha value is -0.860. The van der Waals surface area contributed by atoms with E-state index in [9.17, 15) is 4.79 Å². The summed E-state index contributed by atoms with van der Waals surface area (Å²) in [6.45, 7) is 0. The normalized spacial score (nSPS) is 19.0. The number of amidine groups is 1. The fourth-order valence-corrected chi connectivity index (χ4v) is 1.76. The molecule has 1 rings (SSSR count). The molecule has 0 spiro atoms. The van der Waals surface area contributed by atoms with E-state index in [1.807, 2.05) is 0 Å². The molecule has 0 unspecified atom stereocenters. The topological polar surface area (TPSA) is 66.9 Å². The van der Waals surface area contributed by atoms with Gasteiger partial charge in [-0.05, 0) is 12.8 Å². The first-order valence-electron chi connectivity index (χ1n) is 4.56. The van der Waals surface area contributed by atoms with Crippen molar-refractivity contribution in [3.05, 3.63) is 0 Å². The Morgan fingerprint density at radius 2 is 1.92 bits per heavy atom. The van der Waals surface area contributed by atoms with Gasteiger partial charge in [0.05, 0.1) is 12.3 Å². The molecule has 0 saturated heterocycles. The predicted octanol–water partition coefficient (Wildman–Crippen LogP) is 1.46. The van der Waals surface area contributed by atoms with Gasteiger partial charge in [-0.25, -0.2) is 0 Å². The Kier molecular flexibility index (Phi) is 3.26. The van der Waals surface area contributed by atoms with Crippen LogP contribution in [0.15, 0.2) is 0 Å². The van der Waals surface area contributed by atoms with E-state index >= 15 is 0 Å². The van der Waals surface area contributed by atoms with E-state index in [1.165, 1.54) is 6.42 Å². The summed E-state index contributed by atoms with van der Waals surface area (Å²) in [5.74, 6) is 0.371. The van der Waals surface area contributed by atoms with Gasteiger partial charge in [-0.15, -0.1) is 0 Å². The quantitative estimate of drug-likeness (QED) is 0.495. The first-order chi connectivity index (χ1) is 5.70. The Morgan fingerprint density at radius 1 is 1.33 bits per heavy atom. The highest BCUT2D eigenvalue weighted by Gasteiger charge is 2.20. The smallest absolute Gasteiger partial charge is 0.143 e. The summed E-state index contributed by atoms with van der Waals surface area (Å²) in [7, 11) is 0. The molecule has 0 radical (unpaired) electrons. The average molecular weight is 168 g/mol. The van der Waals surface area contributed by atoms with Crippen LogP contribution in [-0.4, -0.2) is 11.6 Å². The molecule has 3 heteroatoms. The van der Waals surface area contributed by atoms with Crippen molar-refractivity contribution in [3.8, 4) is 0 Å². The summed E-state index contributed by atoms with van der Waals surface area (Å²) in [6, 6.07) is 0. The summed E-state index contributed by atoms with van der Waals surface area (Å²) in [5.41, 5.74) is 5.16. The molecule has 0 aliphatic heterocycles. The van der Waals surface area contributed by atoms with Crippen molar-refractivity contribution in [1.29, 1.82) is 5.41 Å². The lowest BCUT2D eigenvalue weighted by molar-refractivity contribution is -0.122. The molecule has 0 atom stereocenters. The van der Waals surface area contributed by atoms with Gasteiger partial charge in [-0.2, -0.15) is 0 Å². The van der Waals surface area contributed by atoms with Gasteiger partial charge in [-0.1, -0.05) is 19.3 Å². The number of carbonyl (C=O) groups excluding carboxylic acids is 1. The van der Waals surface area contributed by atoms with Crippen LogP contribution in [0, 0.1) is 11.3 Å². The molecule has 0 aromatic rings. The second kappa shape index (κ2) is 4.24. The van der Waals surface area contributed by atoms with Crippen LogP contribution in [0.1, 0.15) is 38.5 Å². The van der Waals surface area contributed by atoms with Crippen molar-refractivity contribution in [2.45, 2.75) is 38.5 Å². The van der Waals surface area contributed by atoms with Crippen molar-refractivity contribution in [1.82, 2.24) is 0 Å². The van der Waals surface area contributed by atoms with Crippen LogP contribution in [0.5, 0.6) is 0 Å². The number of nitrogens with one attached hydrogen (secondary N) is 1. The van der Waals surface area contributed by atoms with Crippen LogP contribution in [0.4, 0.5) is 0 Å². The number of carbonyl (C=O) groups is 1. The molecule has 3 N–H and O–H groups in total. The molecular formula is C9H16N2O. The van der Waals surface area contributed by atoms with Crippen molar-refractivity contribution < 1.29 is 4.79 Å². The van der Waals surface area contributed by atoms with E-state index in [0.29, 0.717) is 0 Å². The van der Waals surface area contributed by atoms with Crippen LogP contribution in [0.25, 0.3) is 0 Å². The van der Waals surface area contributed by atoms with Gasteiger partial charge in [0.15, 0.2) is 0 Å². The Morgan fingerprint density at radius 3 is 2.42 bits per heavy atom. The van der Waals surface area contributed by atoms with Crippen molar-refractivity contribution in [3.63, 3.8) is 0 Å². The number of hydrogen-bond donors (Lipinski definition) is 2. The third-order valence-corrected chi connectivity index (χ3v) is 2.43. The van der Waals surface area contributed by atoms with E-state index in [1.54, 1.807) is 0 Å². The van der Waals surface area contributed by atoms with E-state index in [0.717, 1.165) is 25.7 Å². The minimum Gasteiger partial charge on any atom is -0.387 e. The van der Waals surface area contributed by atoms with E-state index in [2.05, 4.69) is 0 Å². The van der Waals surface area contributed by atoms with Gasteiger partial charge in [0.2, 0.25) is 0 Å². The van der Waals surface area contributed by atoms with Crippen molar-refractivity contribution in [2.24, 2.45) is 11.7 Å². The molecule has 0 bridgehead atoms. The summed E-state index contributed by atoms with van der Waals surface area (Å²) in [6.07, 6.45) is 5.75. The van der Waals surface area contributed by atoms with Crippen LogP contribution in [0.3, 0.4) is 0 Å². The summed E-state index contributed by atoms with van der Waals surface area (Å²) in [5, 5.41) is 7.00. The van der Waals surface area contributed by atoms with Gasteiger partial charge >= 0.3 is 0 Å². The zero-order chi connectivity index (χ0) is 8.97. The molecule has 0 aromatic carbocycles. The maximum absolute atomic E-state index is 11.4. The second-order valence-corrected chi connectivity index (χ2v) is 3.50. The molecule has 68 valence electrons. The molecule has 3 nitrogen and oxygen atoms in total. The number of ketones is 1. The Balaban J connectivity index is 2.34. The SMILES string of the molecule is N=C(N)CC(=O)C1CCCCC1. The highest BCUT2D eigenvalue weighted by molar-refractivity contribution is 5.99. The number of Topliss-reactive ketones (excluding diaryl/α,β-unsaturated/α-hetero) is 1. The lowest BCUT2D eigenvalue weighted by atomic mass is 9.85.